The molecule has 0 saturated carbocycles. The number of methoxy groups -OCH3 is 1. The van der Waals surface area contributed by atoms with E-state index in [1.54, 1.807) is 27.0 Å². The summed E-state index contributed by atoms with van der Waals surface area (Å²) >= 11 is 0. The molecule has 1 saturated heterocycles. The Morgan fingerprint density at radius 3 is 2.74 bits per heavy atom. The van der Waals surface area contributed by atoms with Gasteiger partial charge in [-0.1, -0.05) is 0 Å². The van der Waals surface area contributed by atoms with Gasteiger partial charge in [0.05, 0.1) is 0 Å². The van der Waals surface area contributed by atoms with E-state index in [0.717, 1.165) is 5.69 Å². The third kappa shape index (κ3) is 6.68. The maximum absolute atomic E-state index is 12.5. The Balaban J connectivity index is 1.92. The summed E-state index contributed by atoms with van der Waals surface area (Å²) in [6.07, 6.45) is -0.450. The molecule has 0 unspecified atom stereocenters. The zero-order valence-corrected chi connectivity index (χ0v) is 19.3. The van der Waals surface area contributed by atoms with E-state index in [-0.39, 0.29) is 25.3 Å². The van der Waals surface area contributed by atoms with Crippen molar-refractivity contribution in [1.82, 2.24) is 15.1 Å². The van der Waals surface area contributed by atoms with E-state index in [0.29, 0.717) is 6.42 Å². The Morgan fingerprint density at radius 1 is 1.42 bits per heavy atom. The van der Waals surface area contributed by atoms with Crippen molar-refractivity contribution >= 4 is 26.0 Å². The molecule has 1 aromatic heterocycles. The molecule has 2 N–H and O–H groups in total. The molecule has 0 spiro atoms. The molecule has 2 heterocycles. The predicted octanol–water partition coefficient (Wildman–Crippen LogP) is 0.636. The van der Waals surface area contributed by atoms with E-state index in [2.05, 4.69) is 15.2 Å². The van der Waals surface area contributed by atoms with Crippen LogP contribution >= 0.6 is 8.17 Å². The zero-order valence-electron chi connectivity index (χ0n) is 18.3. The van der Waals surface area contributed by atoms with Crippen molar-refractivity contribution in [2.75, 3.05) is 27.1 Å². The number of esters is 2. The number of aromatic nitrogens is 2. The molecular formula is C18H30N3O9P. The number of amides is 1. The van der Waals surface area contributed by atoms with E-state index in [4.69, 9.17) is 18.3 Å². The molecule has 2 rings (SSSR count). The Morgan fingerprint density at radius 2 is 2.13 bits per heavy atom. The van der Waals surface area contributed by atoms with Gasteiger partial charge >= 0.3 is 180 Å². The fourth-order valence-corrected chi connectivity index (χ4v) is 4.49. The van der Waals surface area contributed by atoms with Crippen LogP contribution in [0.25, 0.3) is 0 Å². The number of nitrogens with zero attached hydrogens (tertiary/aromatic N) is 2. The molecule has 1 fully saturated rings. The third-order valence-electron chi connectivity index (χ3n) is 4.63. The predicted molar refractivity (Wildman–Crippen MR) is 109 cm³/mol. The second kappa shape index (κ2) is 10.5. The second-order valence-electron chi connectivity index (χ2n) is 7.61. The van der Waals surface area contributed by atoms with E-state index >= 15 is 0 Å². The molecule has 0 aliphatic carbocycles. The van der Waals surface area contributed by atoms with Crippen LogP contribution in [-0.4, -0.2) is 65.7 Å². The molecule has 1 amide bonds. The van der Waals surface area contributed by atoms with E-state index < -0.39 is 44.3 Å². The molecule has 31 heavy (non-hydrogen) atoms. The monoisotopic (exact) mass is 463 g/mol. The molecule has 1 atom stereocenters. The van der Waals surface area contributed by atoms with E-state index in [9.17, 15) is 19.3 Å². The van der Waals surface area contributed by atoms with Crippen LogP contribution in [0.1, 0.15) is 43.4 Å². The van der Waals surface area contributed by atoms with Crippen LogP contribution in [0.2, 0.25) is 0 Å². The number of carbonyl (C=O) groups excluding carboxylic acids is 3. The van der Waals surface area contributed by atoms with Gasteiger partial charge in [0.2, 0.25) is 0 Å². The number of ether oxygens (including phenoxy) is 2. The van der Waals surface area contributed by atoms with Gasteiger partial charge < -0.3 is 0 Å². The molecule has 0 radical (unpaired) electrons. The van der Waals surface area contributed by atoms with Gasteiger partial charge in [-0.25, -0.2) is 0 Å². The fraction of sp³-hybridized carbons (Fsp3) is 0.667. The van der Waals surface area contributed by atoms with Crippen molar-refractivity contribution in [2.24, 2.45) is 12.5 Å². The summed E-state index contributed by atoms with van der Waals surface area (Å²) in [4.78, 5) is 46.5. The molecule has 176 valence electrons. The Labute approximate surface area is 180 Å². The first-order chi connectivity index (χ1) is 14.5. The first-order valence-electron chi connectivity index (χ1n) is 9.74. The van der Waals surface area contributed by atoms with Gasteiger partial charge in [-0.15, -0.1) is 0 Å². The van der Waals surface area contributed by atoms with Crippen molar-refractivity contribution in [2.45, 2.75) is 39.7 Å². The summed E-state index contributed by atoms with van der Waals surface area (Å²) in [5.41, 5.74) is 0.175. The van der Waals surface area contributed by atoms with Crippen LogP contribution in [0, 0.1) is 5.41 Å². The molecule has 1 aliphatic heterocycles. The van der Waals surface area contributed by atoms with Crippen molar-refractivity contribution in [1.29, 1.82) is 0 Å². The van der Waals surface area contributed by atoms with Gasteiger partial charge in [-0.3, -0.25) is 0 Å². The van der Waals surface area contributed by atoms with Gasteiger partial charge in [-0.2, -0.15) is 0 Å². The fourth-order valence-electron chi connectivity index (χ4n) is 2.78. The molecule has 1 aromatic rings. The zero-order chi connectivity index (χ0) is 23.2. The second-order valence-corrected chi connectivity index (χ2v) is 9.47. The first kappa shape index (κ1) is 25.2. The van der Waals surface area contributed by atoms with Crippen LogP contribution in [0.5, 0.6) is 0 Å². The van der Waals surface area contributed by atoms with Gasteiger partial charge in [0, 0.05) is 0 Å². The maximum atomic E-state index is 12.5. The van der Waals surface area contributed by atoms with Gasteiger partial charge in [0.15, 0.2) is 0 Å². The van der Waals surface area contributed by atoms with Crippen molar-refractivity contribution < 1.29 is 42.3 Å². The standard InChI is InChI=1S/C18H30N3O9P/c1-6-12-9-13(21(4)20-12)17(24)27-11-29-31(25)28-10-18(2,3)15(30-31)16(23)19-8-7-14(22)26-5/h9,15,25,31H,6-8,10-11H2,1-5H3,(H,19,23)/t15-/m0/s1. The number of hydrogen-bond acceptors (Lipinski definition) is 10. The van der Waals surface area contributed by atoms with E-state index in [1.807, 2.05) is 6.92 Å². The number of aryl methyl sites for hydroxylation is 2. The van der Waals surface area contributed by atoms with Crippen LogP contribution in [-0.2, 0) is 46.1 Å². The molecule has 12 nitrogen and oxygen atoms in total. The van der Waals surface area contributed by atoms with Crippen molar-refractivity contribution in [3.05, 3.63) is 17.5 Å². The van der Waals surface area contributed by atoms with E-state index in [1.165, 1.54) is 11.8 Å². The van der Waals surface area contributed by atoms with Crippen molar-refractivity contribution in [3.63, 3.8) is 0 Å². The van der Waals surface area contributed by atoms with Crippen LogP contribution in [0.3, 0.4) is 0 Å². The first-order valence-corrected chi connectivity index (χ1v) is 11.4. The average molecular weight is 463 g/mol. The molecule has 0 aromatic carbocycles. The summed E-state index contributed by atoms with van der Waals surface area (Å²) in [7, 11) is -1.39. The summed E-state index contributed by atoms with van der Waals surface area (Å²) in [5.74, 6) is -1.70. The topological polar surface area (TPSA) is 147 Å². The third-order valence-corrected chi connectivity index (χ3v) is 6.16. The van der Waals surface area contributed by atoms with Crippen LogP contribution in [0.4, 0.5) is 0 Å². The summed E-state index contributed by atoms with van der Waals surface area (Å²) in [6, 6.07) is 1.60. The molecule has 0 bridgehead atoms. The van der Waals surface area contributed by atoms with Gasteiger partial charge in [0.25, 0.3) is 0 Å². The normalized spacial score (nSPS) is 20.5. The summed E-state index contributed by atoms with van der Waals surface area (Å²) in [6.45, 7) is 4.73. The quantitative estimate of drug-likeness (QED) is 0.304. The number of carbonyl (C=O) groups is 3. The Hall–Kier alpha value is -2.11. The number of rotatable bonds is 9. The molecule has 13 heteroatoms. The van der Waals surface area contributed by atoms with Crippen LogP contribution in [0.15, 0.2) is 6.07 Å². The number of nitrogens with one attached hydrogen (secondary N) is 1. The van der Waals surface area contributed by atoms with Crippen molar-refractivity contribution in [3.8, 4) is 0 Å². The average Bonchev–Trinajstić information content (AvgIpc) is 3.10. The molecular weight excluding hydrogens is 433 g/mol. The summed E-state index contributed by atoms with van der Waals surface area (Å²) in [5, 5.41) is 6.72. The summed E-state index contributed by atoms with van der Waals surface area (Å²) < 4.78 is 26.9. The minimum atomic E-state index is -4.25. The van der Waals surface area contributed by atoms with Crippen LogP contribution < -0.4 is 5.32 Å². The SMILES string of the molecule is CCc1cc(C(=O)OCO[PH]2(O)OCC(C)(C)[C@H](C(=O)NCCC(=O)OC)O2)n(C)n1. The minimum absolute atomic E-state index is 0.00616. The van der Waals surface area contributed by atoms with Gasteiger partial charge in [-0.05, 0) is 0 Å². The van der Waals surface area contributed by atoms with Gasteiger partial charge in [0.1, 0.15) is 0 Å². The number of hydrogen-bond donors (Lipinski definition) is 2. The molecule has 1 aliphatic rings. The Bertz CT molecular complexity index is 813. The Kier molecular flexibility index (Phi) is 8.49.